The SMILES string of the molecule is COc1cc(CNCC(C)C)cc(Cl)c1OCCCCO. The minimum Gasteiger partial charge on any atom is -0.493 e. The number of aliphatic hydroxyl groups excluding tert-OH is 1. The lowest BCUT2D eigenvalue weighted by Gasteiger charge is -2.15. The van der Waals surface area contributed by atoms with Crippen LogP contribution in [0.1, 0.15) is 32.3 Å². The van der Waals surface area contributed by atoms with Crippen molar-refractivity contribution >= 4 is 11.6 Å². The van der Waals surface area contributed by atoms with E-state index in [1.807, 2.05) is 12.1 Å². The third-order valence-electron chi connectivity index (χ3n) is 2.97. The summed E-state index contributed by atoms with van der Waals surface area (Å²) < 4.78 is 11.0. The molecule has 1 aromatic rings. The van der Waals surface area contributed by atoms with Gasteiger partial charge in [-0.1, -0.05) is 25.4 Å². The molecular weight excluding hydrogens is 290 g/mol. The molecule has 0 unspecified atom stereocenters. The van der Waals surface area contributed by atoms with Gasteiger partial charge >= 0.3 is 0 Å². The van der Waals surface area contributed by atoms with Gasteiger partial charge in [0.2, 0.25) is 0 Å². The van der Waals surface area contributed by atoms with Gasteiger partial charge in [0.05, 0.1) is 18.7 Å². The second-order valence-electron chi connectivity index (χ2n) is 5.41. The zero-order valence-corrected chi connectivity index (χ0v) is 13.9. The third-order valence-corrected chi connectivity index (χ3v) is 3.25. The van der Waals surface area contributed by atoms with Crippen molar-refractivity contribution < 1.29 is 14.6 Å². The smallest absolute Gasteiger partial charge is 0.179 e. The summed E-state index contributed by atoms with van der Waals surface area (Å²) in [6.07, 6.45) is 1.50. The van der Waals surface area contributed by atoms with Crippen molar-refractivity contribution in [3.8, 4) is 11.5 Å². The van der Waals surface area contributed by atoms with E-state index in [2.05, 4.69) is 19.2 Å². The van der Waals surface area contributed by atoms with Crippen LogP contribution in [0.5, 0.6) is 11.5 Å². The van der Waals surface area contributed by atoms with Crippen molar-refractivity contribution in [1.82, 2.24) is 5.32 Å². The molecule has 4 nitrogen and oxygen atoms in total. The average Bonchev–Trinajstić information content (AvgIpc) is 2.44. The van der Waals surface area contributed by atoms with E-state index in [0.29, 0.717) is 29.0 Å². The monoisotopic (exact) mass is 315 g/mol. The Kier molecular flexibility index (Phi) is 8.50. The highest BCUT2D eigenvalue weighted by Crippen LogP contribution is 2.36. The molecule has 0 saturated heterocycles. The van der Waals surface area contributed by atoms with Crippen LogP contribution in [0.25, 0.3) is 0 Å². The van der Waals surface area contributed by atoms with Gasteiger partial charge in [-0.2, -0.15) is 0 Å². The van der Waals surface area contributed by atoms with E-state index in [1.165, 1.54) is 0 Å². The number of halogens is 1. The number of nitrogens with one attached hydrogen (secondary N) is 1. The van der Waals surface area contributed by atoms with Crippen LogP contribution in [0, 0.1) is 5.92 Å². The molecule has 0 fully saturated rings. The van der Waals surface area contributed by atoms with E-state index in [4.69, 9.17) is 26.2 Å². The summed E-state index contributed by atoms with van der Waals surface area (Å²) in [7, 11) is 1.61. The second-order valence-corrected chi connectivity index (χ2v) is 5.82. The predicted octanol–water partition coefficient (Wildman–Crippen LogP) is 3.25. The van der Waals surface area contributed by atoms with E-state index < -0.39 is 0 Å². The van der Waals surface area contributed by atoms with E-state index in [0.717, 1.165) is 31.5 Å². The number of methoxy groups -OCH3 is 1. The molecule has 1 rings (SSSR count). The molecule has 0 bridgehead atoms. The highest BCUT2D eigenvalue weighted by molar-refractivity contribution is 6.32. The molecular formula is C16H26ClNO3. The Labute approximate surface area is 132 Å². The van der Waals surface area contributed by atoms with Gasteiger partial charge in [-0.05, 0) is 43.0 Å². The Morgan fingerprint density at radius 3 is 2.67 bits per heavy atom. The molecule has 0 amide bonds. The minimum absolute atomic E-state index is 0.175. The topological polar surface area (TPSA) is 50.7 Å². The first-order chi connectivity index (χ1) is 10.1. The van der Waals surface area contributed by atoms with Gasteiger partial charge in [-0.25, -0.2) is 0 Å². The van der Waals surface area contributed by atoms with Crippen molar-refractivity contribution in [1.29, 1.82) is 0 Å². The van der Waals surface area contributed by atoms with Gasteiger partial charge in [0.25, 0.3) is 0 Å². The number of hydrogen-bond acceptors (Lipinski definition) is 4. The Morgan fingerprint density at radius 2 is 2.05 bits per heavy atom. The number of unbranched alkanes of at least 4 members (excludes halogenated alkanes) is 1. The summed E-state index contributed by atoms with van der Waals surface area (Å²) in [5.74, 6) is 1.83. The molecule has 0 saturated carbocycles. The zero-order chi connectivity index (χ0) is 15.7. The summed E-state index contributed by atoms with van der Waals surface area (Å²) >= 11 is 6.29. The molecule has 0 radical (unpaired) electrons. The number of ether oxygens (including phenoxy) is 2. The Bertz CT molecular complexity index is 424. The van der Waals surface area contributed by atoms with Gasteiger partial charge in [-0.15, -0.1) is 0 Å². The quantitative estimate of drug-likeness (QED) is 0.651. The molecule has 0 spiro atoms. The Hall–Kier alpha value is -0.970. The van der Waals surface area contributed by atoms with Crippen LogP contribution in [0.15, 0.2) is 12.1 Å². The minimum atomic E-state index is 0.175. The first-order valence-corrected chi connectivity index (χ1v) is 7.77. The van der Waals surface area contributed by atoms with Crippen LogP contribution in [-0.4, -0.2) is 32.0 Å². The Morgan fingerprint density at radius 1 is 1.29 bits per heavy atom. The van der Waals surface area contributed by atoms with Crippen LogP contribution in [-0.2, 0) is 6.54 Å². The van der Waals surface area contributed by atoms with Crippen LogP contribution < -0.4 is 14.8 Å². The molecule has 21 heavy (non-hydrogen) atoms. The van der Waals surface area contributed by atoms with Gasteiger partial charge in [0, 0.05) is 13.2 Å². The fourth-order valence-corrected chi connectivity index (χ4v) is 2.20. The lowest BCUT2D eigenvalue weighted by atomic mass is 10.1. The zero-order valence-electron chi connectivity index (χ0n) is 13.1. The van der Waals surface area contributed by atoms with Gasteiger partial charge in [0.1, 0.15) is 0 Å². The molecule has 0 aliphatic heterocycles. The van der Waals surface area contributed by atoms with E-state index in [9.17, 15) is 0 Å². The van der Waals surface area contributed by atoms with Crippen LogP contribution in [0.3, 0.4) is 0 Å². The maximum atomic E-state index is 8.76. The molecule has 0 aromatic heterocycles. The van der Waals surface area contributed by atoms with Gasteiger partial charge in [-0.3, -0.25) is 0 Å². The first-order valence-electron chi connectivity index (χ1n) is 7.39. The molecule has 2 N–H and O–H groups in total. The van der Waals surface area contributed by atoms with Crippen LogP contribution in [0.2, 0.25) is 5.02 Å². The largest absolute Gasteiger partial charge is 0.493 e. The molecule has 120 valence electrons. The summed E-state index contributed by atoms with van der Waals surface area (Å²) in [6.45, 7) is 6.74. The number of benzene rings is 1. The predicted molar refractivity (Wildman–Crippen MR) is 86.4 cm³/mol. The second kappa shape index (κ2) is 9.87. The normalized spacial score (nSPS) is 11.0. The standard InChI is InChI=1S/C16H26ClNO3/c1-12(2)10-18-11-13-8-14(17)16(15(9-13)20-3)21-7-5-4-6-19/h8-9,12,18-19H,4-7,10-11H2,1-3H3. The Balaban J connectivity index is 2.67. The van der Waals surface area contributed by atoms with Crippen molar-refractivity contribution in [3.05, 3.63) is 22.7 Å². The summed E-state index contributed by atoms with van der Waals surface area (Å²) in [5.41, 5.74) is 1.07. The summed E-state index contributed by atoms with van der Waals surface area (Å²) in [4.78, 5) is 0. The average molecular weight is 316 g/mol. The molecule has 0 heterocycles. The van der Waals surface area contributed by atoms with Crippen molar-refractivity contribution in [2.75, 3.05) is 26.9 Å². The molecule has 0 aliphatic rings. The van der Waals surface area contributed by atoms with Gasteiger partial charge < -0.3 is 19.9 Å². The molecule has 0 aliphatic carbocycles. The summed E-state index contributed by atoms with van der Waals surface area (Å²) in [6, 6.07) is 3.85. The highest BCUT2D eigenvalue weighted by Gasteiger charge is 2.12. The highest BCUT2D eigenvalue weighted by atomic mass is 35.5. The maximum absolute atomic E-state index is 8.76. The first kappa shape index (κ1) is 18.1. The number of aliphatic hydroxyl groups is 1. The summed E-state index contributed by atoms with van der Waals surface area (Å²) in [5, 5.41) is 12.7. The lowest BCUT2D eigenvalue weighted by Crippen LogP contribution is -2.19. The third kappa shape index (κ3) is 6.55. The van der Waals surface area contributed by atoms with Crippen molar-refractivity contribution in [2.24, 2.45) is 5.92 Å². The van der Waals surface area contributed by atoms with E-state index >= 15 is 0 Å². The number of rotatable bonds is 10. The van der Waals surface area contributed by atoms with Crippen LogP contribution >= 0.6 is 11.6 Å². The fourth-order valence-electron chi connectivity index (χ4n) is 1.91. The van der Waals surface area contributed by atoms with Gasteiger partial charge in [0.15, 0.2) is 11.5 Å². The van der Waals surface area contributed by atoms with Crippen LogP contribution in [0.4, 0.5) is 0 Å². The van der Waals surface area contributed by atoms with Crippen molar-refractivity contribution in [2.45, 2.75) is 33.2 Å². The van der Waals surface area contributed by atoms with Crippen molar-refractivity contribution in [3.63, 3.8) is 0 Å². The maximum Gasteiger partial charge on any atom is 0.179 e. The molecule has 0 atom stereocenters. The number of hydrogen-bond donors (Lipinski definition) is 2. The van der Waals surface area contributed by atoms with E-state index in [1.54, 1.807) is 7.11 Å². The molecule has 5 heteroatoms. The molecule has 1 aromatic carbocycles. The lowest BCUT2D eigenvalue weighted by molar-refractivity contribution is 0.247. The van der Waals surface area contributed by atoms with E-state index in [-0.39, 0.29) is 6.61 Å². The fraction of sp³-hybridized carbons (Fsp3) is 0.625.